The molecule has 0 fully saturated rings. The third-order valence-electron chi connectivity index (χ3n) is 2.57. The van der Waals surface area contributed by atoms with Crippen LogP contribution in [0.1, 0.15) is 5.56 Å². The van der Waals surface area contributed by atoms with E-state index in [1.807, 2.05) is 0 Å². The Bertz CT molecular complexity index is 716. The summed E-state index contributed by atoms with van der Waals surface area (Å²) in [6, 6.07) is 2.91. The third kappa shape index (κ3) is 3.41. The Morgan fingerprint density at radius 2 is 2.23 bits per heavy atom. The van der Waals surface area contributed by atoms with Gasteiger partial charge in [0.05, 0.1) is 25.4 Å². The van der Waals surface area contributed by atoms with Crippen LogP contribution in [0.4, 0.5) is 16.6 Å². The fourth-order valence-corrected chi connectivity index (χ4v) is 2.22. The van der Waals surface area contributed by atoms with Crippen molar-refractivity contribution >= 4 is 34.2 Å². The van der Waals surface area contributed by atoms with Gasteiger partial charge in [0, 0.05) is 17.0 Å². The number of hydrazone groups is 1. The first-order chi connectivity index (χ1) is 10.5. The largest absolute Gasteiger partial charge is 0.493 e. The van der Waals surface area contributed by atoms with Crippen molar-refractivity contribution in [3.63, 3.8) is 0 Å². The highest BCUT2D eigenvalue weighted by Crippen LogP contribution is 2.37. The number of nitrogens with one attached hydrogen (secondary N) is 1. The van der Waals surface area contributed by atoms with E-state index in [2.05, 4.69) is 15.5 Å². The second kappa shape index (κ2) is 6.72. The molecule has 2 aromatic rings. The zero-order chi connectivity index (χ0) is 16.1. The SMILES string of the molecule is COc1cc(C=NNc2nc(N)cs2)cc([N+](=O)[O-])c1OC. The summed E-state index contributed by atoms with van der Waals surface area (Å²) in [6.07, 6.45) is 1.41. The molecule has 0 unspecified atom stereocenters. The lowest BCUT2D eigenvalue weighted by Gasteiger charge is -2.08. The van der Waals surface area contributed by atoms with E-state index in [0.717, 1.165) is 0 Å². The number of nitrogens with zero attached hydrogens (tertiary/aromatic N) is 3. The van der Waals surface area contributed by atoms with E-state index in [1.165, 1.54) is 37.8 Å². The van der Waals surface area contributed by atoms with Crippen molar-refractivity contribution in [3.8, 4) is 11.5 Å². The van der Waals surface area contributed by atoms with Crippen molar-refractivity contribution in [1.82, 2.24) is 4.98 Å². The molecule has 0 saturated heterocycles. The maximum atomic E-state index is 11.1. The molecule has 0 aliphatic rings. The molecule has 1 heterocycles. The first kappa shape index (κ1) is 15.5. The molecule has 0 aliphatic heterocycles. The summed E-state index contributed by atoms with van der Waals surface area (Å²) >= 11 is 1.29. The van der Waals surface area contributed by atoms with Gasteiger partial charge in [0.25, 0.3) is 0 Å². The molecule has 0 aliphatic carbocycles. The molecule has 2 rings (SSSR count). The molecule has 116 valence electrons. The van der Waals surface area contributed by atoms with Crippen molar-refractivity contribution in [2.75, 3.05) is 25.4 Å². The molecule has 22 heavy (non-hydrogen) atoms. The molecule has 3 N–H and O–H groups in total. The van der Waals surface area contributed by atoms with Crippen LogP contribution in [0.25, 0.3) is 0 Å². The van der Waals surface area contributed by atoms with Gasteiger partial charge < -0.3 is 15.2 Å². The van der Waals surface area contributed by atoms with Crippen molar-refractivity contribution in [1.29, 1.82) is 0 Å². The van der Waals surface area contributed by atoms with Gasteiger partial charge in [0.15, 0.2) is 5.75 Å². The Morgan fingerprint density at radius 1 is 1.45 bits per heavy atom. The Balaban J connectivity index is 2.27. The number of thiazole rings is 1. The van der Waals surface area contributed by atoms with E-state index in [1.54, 1.807) is 11.4 Å². The number of nitrogens with two attached hydrogens (primary N) is 1. The third-order valence-corrected chi connectivity index (χ3v) is 3.34. The molecule has 0 radical (unpaired) electrons. The van der Waals surface area contributed by atoms with Crippen molar-refractivity contribution < 1.29 is 14.4 Å². The number of nitro benzene ring substituents is 1. The lowest BCUT2D eigenvalue weighted by atomic mass is 10.2. The summed E-state index contributed by atoms with van der Waals surface area (Å²) in [5, 5.41) is 17.2. The number of ether oxygens (including phenoxy) is 2. The van der Waals surface area contributed by atoms with Crippen molar-refractivity contribution in [2.24, 2.45) is 5.10 Å². The fourth-order valence-electron chi connectivity index (χ4n) is 1.67. The summed E-state index contributed by atoms with van der Waals surface area (Å²) in [7, 11) is 2.74. The lowest BCUT2D eigenvalue weighted by Crippen LogP contribution is -1.99. The van der Waals surface area contributed by atoms with E-state index in [-0.39, 0.29) is 17.2 Å². The van der Waals surface area contributed by atoms with Crippen LogP contribution in [-0.4, -0.2) is 30.3 Å². The number of aromatic nitrogens is 1. The second-order valence-corrected chi connectivity index (χ2v) is 4.84. The minimum atomic E-state index is -0.548. The minimum absolute atomic E-state index is 0.0605. The second-order valence-electron chi connectivity index (χ2n) is 3.98. The average molecular weight is 323 g/mol. The topological polar surface area (TPSA) is 125 Å². The Labute approximate surface area is 129 Å². The van der Waals surface area contributed by atoms with Crippen LogP contribution in [0.2, 0.25) is 0 Å². The monoisotopic (exact) mass is 323 g/mol. The highest BCUT2D eigenvalue weighted by molar-refractivity contribution is 7.14. The molecular weight excluding hydrogens is 310 g/mol. The number of methoxy groups -OCH3 is 2. The predicted octanol–water partition coefficient (Wildman–Crippen LogP) is 2.10. The zero-order valence-corrected chi connectivity index (χ0v) is 12.6. The van der Waals surface area contributed by atoms with Gasteiger partial charge in [0.1, 0.15) is 5.82 Å². The molecule has 0 saturated carbocycles. The summed E-state index contributed by atoms with van der Waals surface area (Å²) in [4.78, 5) is 14.5. The van der Waals surface area contributed by atoms with Gasteiger partial charge in [-0.15, -0.1) is 11.3 Å². The molecular formula is C12H13N5O4S. The quantitative estimate of drug-likeness (QED) is 0.473. The van der Waals surface area contributed by atoms with E-state index >= 15 is 0 Å². The minimum Gasteiger partial charge on any atom is -0.493 e. The summed E-state index contributed by atoms with van der Waals surface area (Å²) in [5.74, 6) is 0.700. The number of hydrogen-bond donors (Lipinski definition) is 2. The van der Waals surface area contributed by atoms with E-state index in [9.17, 15) is 10.1 Å². The van der Waals surface area contributed by atoms with Crippen LogP contribution in [0, 0.1) is 10.1 Å². The lowest BCUT2D eigenvalue weighted by molar-refractivity contribution is -0.385. The zero-order valence-electron chi connectivity index (χ0n) is 11.8. The van der Waals surface area contributed by atoms with Crippen LogP contribution in [0.15, 0.2) is 22.6 Å². The molecule has 9 nitrogen and oxygen atoms in total. The Hall–Kier alpha value is -2.88. The Morgan fingerprint density at radius 3 is 2.77 bits per heavy atom. The first-order valence-electron chi connectivity index (χ1n) is 5.95. The molecule has 10 heteroatoms. The van der Waals surface area contributed by atoms with Crippen molar-refractivity contribution in [2.45, 2.75) is 0 Å². The molecule has 0 amide bonds. The van der Waals surface area contributed by atoms with Crippen LogP contribution in [0.5, 0.6) is 11.5 Å². The average Bonchev–Trinajstić information content (AvgIpc) is 2.91. The van der Waals surface area contributed by atoms with Gasteiger partial charge in [-0.05, 0) is 6.07 Å². The van der Waals surface area contributed by atoms with Crippen LogP contribution >= 0.6 is 11.3 Å². The molecule has 0 spiro atoms. The van der Waals surface area contributed by atoms with Gasteiger partial charge in [-0.3, -0.25) is 15.5 Å². The number of nitro groups is 1. The van der Waals surface area contributed by atoms with Gasteiger partial charge in [-0.1, -0.05) is 0 Å². The smallest absolute Gasteiger partial charge is 0.315 e. The highest BCUT2D eigenvalue weighted by Gasteiger charge is 2.20. The molecule has 1 aromatic carbocycles. The normalized spacial score (nSPS) is 10.6. The Kier molecular flexibility index (Phi) is 4.73. The van der Waals surface area contributed by atoms with Gasteiger partial charge >= 0.3 is 5.69 Å². The number of anilines is 2. The van der Waals surface area contributed by atoms with Gasteiger partial charge in [0.2, 0.25) is 10.9 Å². The summed E-state index contributed by atoms with van der Waals surface area (Å²) < 4.78 is 10.1. The molecule has 0 atom stereocenters. The van der Waals surface area contributed by atoms with Gasteiger partial charge in [-0.25, -0.2) is 4.98 Å². The number of nitrogen functional groups attached to an aromatic ring is 1. The number of rotatable bonds is 6. The van der Waals surface area contributed by atoms with Crippen molar-refractivity contribution in [3.05, 3.63) is 33.2 Å². The maximum absolute atomic E-state index is 11.1. The van der Waals surface area contributed by atoms with E-state index in [4.69, 9.17) is 15.2 Å². The predicted molar refractivity (Wildman–Crippen MR) is 83.9 cm³/mol. The maximum Gasteiger partial charge on any atom is 0.315 e. The first-order valence-corrected chi connectivity index (χ1v) is 6.83. The van der Waals surface area contributed by atoms with Crippen LogP contribution in [0.3, 0.4) is 0 Å². The highest BCUT2D eigenvalue weighted by atomic mass is 32.1. The molecule has 0 bridgehead atoms. The van der Waals surface area contributed by atoms with Crippen LogP contribution in [-0.2, 0) is 0 Å². The standard InChI is InChI=1S/C12H13N5O4S/c1-20-9-4-7(3-8(17(18)19)11(9)21-2)5-14-16-12-15-10(13)6-22-12/h3-6H,13H2,1-2H3,(H,15,16). The number of hydrogen-bond acceptors (Lipinski definition) is 9. The fraction of sp³-hybridized carbons (Fsp3) is 0.167. The molecule has 1 aromatic heterocycles. The number of benzene rings is 1. The van der Waals surface area contributed by atoms with Crippen LogP contribution < -0.4 is 20.6 Å². The van der Waals surface area contributed by atoms with E-state index < -0.39 is 4.92 Å². The summed E-state index contributed by atoms with van der Waals surface area (Å²) in [6.45, 7) is 0. The summed E-state index contributed by atoms with van der Waals surface area (Å²) in [5.41, 5.74) is 8.44. The van der Waals surface area contributed by atoms with E-state index in [0.29, 0.717) is 16.5 Å². The van der Waals surface area contributed by atoms with Gasteiger partial charge in [-0.2, -0.15) is 5.10 Å².